The Morgan fingerprint density at radius 3 is 2.32 bits per heavy atom. The fourth-order valence-corrected chi connectivity index (χ4v) is 11.4. The monoisotopic (exact) mass is 1040 g/mol. The van der Waals surface area contributed by atoms with Gasteiger partial charge < -0.3 is 34.3 Å². The molecule has 5 atom stereocenters. The smallest absolute Gasteiger partial charge is 0.225 e. The van der Waals surface area contributed by atoms with Crippen molar-refractivity contribution in [2.24, 2.45) is 17.8 Å². The molecule has 1 aliphatic heterocycles. The number of nitrogens with one attached hydrogen (secondary N) is 2. The van der Waals surface area contributed by atoms with Gasteiger partial charge in [0.15, 0.2) is 23.1 Å². The van der Waals surface area contributed by atoms with Crippen LogP contribution in [0.3, 0.4) is 0 Å². The van der Waals surface area contributed by atoms with Crippen LogP contribution < -0.4 is 15.4 Å². The van der Waals surface area contributed by atoms with Crippen molar-refractivity contribution < 1.29 is 43.0 Å². The molecule has 4 unspecified atom stereocenters. The number of hydrogen-bond donors (Lipinski definition) is 2. The fourth-order valence-electron chi connectivity index (χ4n) is 9.73. The molecule has 1 aromatic heterocycles. The summed E-state index contributed by atoms with van der Waals surface area (Å²) in [7, 11) is 0. The maximum atomic E-state index is 13.6. The van der Waals surface area contributed by atoms with Crippen molar-refractivity contribution in [3.8, 4) is 5.75 Å². The van der Waals surface area contributed by atoms with E-state index in [2.05, 4.69) is 59.0 Å². The summed E-state index contributed by atoms with van der Waals surface area (Å²) in [4.78, 5) is 81.1. The van der Waals surface area contributed by atoms with Crippen LogP contribution in [0.1, 0.15) is 109 Å². The molecule has 1 fully saturated rings. The number of thioether (sulfide) groups is 1. The molecule has 0 spiro atoms. The number of halogens is 1. The van der Waals surface area contributed by atoms with Crippen molar-refractivity contribution in [1.29, 1.82) is 0 Å². The zero-order chi connectivity index (χ0) is 53.1. The van der Waals surface area contributed by atoms with E-state index in [1.54, 1.807) is 65.2 Å². The summed E-state index contributed by atoms with van der Waals surface area (Å²) in [5.74, 6) is -1.44. The second-order valence-electron chi connectivity index (χ2n) is 18.7. The SMILES string of the molecule is C=C[C@H](CC(=O)Nc1ccc(OCCOCCN(CCOCCNc2cccc3c2C(=O)CC(C2CCC(=O)C(=C)C2=O)C3=O)C(=O)CCC)cc1)c1nnc(C)n1C1SC(C)=C(C)C1C(=C)c1ccc(Cl)cc1. The van der Waals surface area contributed by atoms with Gasteiger partial charge in [-0.3, -0.25) is 28.8 Å². The molecule has 390 valence electrons. The van der Waals surface area contributed by atoms with Gasteiger partial charge >= 0.3 is 0 Å². The van der Waals surface area contributed by atoms with E-state index >= 15 is 0 Å². The van der Waals surface area contributed by atoms with Crippen LogP contribution in [0.25, 0.3) is 5.57 Å². The van der Waals surface area contributed by atoms with E-state index in [0.29, 0.717) is 79.2 Å². The van der Waals surface area contributed by atoms with Crippen molar-refractivity contribution in [3.63, 3.8) is 0 Å². The van der Waals surface area contributed by atoms with Gasteiger partial charge in [-0.2, -0.15) is 0 Å². The largest absolute Gasteiger partial charge is 0.491 e. The molecule has 74 heavy (non-hydrogen) atoms. The van der Waals surface area contributed by atoms with Gasteiger partial charge in [0.2, 0.25) is 11.8 Å². The molecule has 15 nitrogen and oxygen atoms in total. The summed E-state index contributed by atoms with van der Waals surface area (Å²) in [6, 6.07) is 19.8. The van der Waals surface area contributed by atoms with Gasteiger partial charge in [0.1, 0.15) is 24.0 Å². The predicted molar refractivity (Wildman–Crippen MR) is 289 cm³/mol. The second kappa shape index (κ2) is 25.7. The van der Waals surface area contributed by atoms with Crippen molar-refractivity contribution in [2.45, 2.75) is 77.5 Å². The number of nitrogens with zero attached hydrogens (tertiary/aromatic N) is 4. The third-order valence-electron chi connectivity index (χ3n) is 13.9. The van der Waals surface area contributed by atoms with Crippen LogP contribution in [-0.4, -0.2) is 107 Å². The Bertz CT molecular complexity index is 2820. The summed E-state index contributed by atoms with van der Waals surface area (Å²) in [5, 5.41) is 15.8. The van der Waals surface area contributed by atoms with Crippen molar-refractivity contribution in [2.75, 3.05) is 63.3 Å². The number of rotatable bonds is 25. The van der Waals surface area contributed by atoms with Crippen LogP contribution in [0, 0.1) is 24.7 Å². The molecule has 0 radical (unpaired) electrons. The first kappa shape index (κ1) is 55.3. The Morgan fingerprint density at radius 1 is 0.905 bits per heavy atom. The average molecular weight is 1050 g/mol. The minimum atomic E-state index is -0.816. The maximum absolute atomic E-state index is 13.6. The third-order valence-corrected chi connectivity index (χ3v) is 15.5. The molecular formula is C57H65ClN6O9S. The molecule has 4 aromatic rings. The minimum absolute atomic E-state index is 0.000266. The van der Waals surface area contributed by atoms with Crippen molar-refractivity contribution in [1.82, 2.24) is 19.7 Å². The number of benzene rings is 3. The highest BCUT2D eigenvalue weighted by molar-refractivity contribution is 8.03. The Balaban J connectivity index is 0.815. The summed E-state index contributed by atoms with van der Waals surface area (Å²) >= 11 is 7.94. The Labute approximate surface area is 442 Å². The lowest BCUT2D eigenvalue weighted by molar-refractivity contribution is -0.133. The first-order chi connectivity index (χ1) is 35.6. The van der Waals surface area contributed by atoms with Crippen LogP contribution in [0.15, 0.2) is 109 Å². The molecule has 0 bridgehead atoms. The number of hydrogen-bond acceptors (Lipinski definition) is 13. The highest BCUT2D eigenvalue weighted by Crippen LogP contribution is 2.54. The van der Waals surface area contributed by atoms with Gasteiger partial charge in [-0.05, 0) is 92.1 Å². The molecule has 2 N–H and O–H groups in total. The number of fused-ring (bicyclic) bond motifs is 1. The lowest BCUT2D eigenvalue weighted by Crippen LogP contribution is -2.40. The first-order valence-electron chi connectivity index (χ1n) is 25.1. The number of carbonyl (C=O) groups is 6. The Kier molecular flexibility index (Phi) is 19.2. The third kappa shape index (κ3) is 13.1. The number of aryl methyl sites for hydroxylation is 1. The van der Waals surface area contributed by atoms with Crippen LogP contribution in [-0.2, 0) is 28.7 Å². The molecule has 0 saturated heterocycles. The van der Waals surface area contributed by atoms with Gasteiger partial charge in [-0.1, -0.05) is 67.6 Å². The zero-order valence-corrected chi connectivity index (χ0v) is 44.2. The van der Waals surface area contributed by atoms with Gasteiger partial charge in [0.05, 0.1) is 42.9 Å². The number of aromatic nitrogens is 3. The van der Waals surface area contributed by atoms with E-state index in [1.165, 1.54) is 10.5 Å². The van der Waals surface area contributed by atoms with Gasteiger partial charge in [-0.15, -0.1) is 28.5 Å². The van der Waals surface area contributed by atoms with E-state index in [4.69, 9.17) is 25.8 Å². The van der Waals surface area contributed by atoms with Gasteiger partial charge in [-0.25, -0.2) is 0 Å². The van der Waals surface area contributed by atoms with Crippen molar-refractivity contribution in [3.05, 3.63) is 142 Å². The highest BCUT2D eigenvalue weighted by Gasteiger charge is 2.44. The number of anilines is 2. The second-order valence-corrected chi connectivity index (χ2v) is 20.5. The number of Topliss-reactive ketones (excluding diaryl/α,β-unsaturated/α-hetero) is 4. The van der Waals surface area contributed by atoms with E-state index in [0.717, 1.165) is 17.0 Å². The van der Waals surface area contributed by atoms with Crippen LogP contribution in [0.4, 0.5) is 11.4 Å². The van der Waals surface area contributed by atoms with E-state index in [1.807, 2.05) is 38.1 Å². The predicted octanol–water partition coefficient (Wildman–Crippen LogP) is 10.0. The van der Waals surface area contributed by atoms with Gasteiger partial charge in [0, 0.05) is 91.0 Å². The normalized spacial score (nSPS) is 19.1. The van der Waals surface area contributed by atoms with Crippen LogP contribution >= 0.6 is 23.4 Å². The lowest BCUT2D eigenvalue weighted by atomic mass is 9.69. The molecule has 2 aliphatic carbocycles. The zero-order valence-electron chi connectivity index (χ0n) is 42.6. The quantitative estimate of drug-likeness (QED) is 0.0277. The van der Waals surface area contributed by atoms with E-state index in [-0.39, 0.29) is 97.1 Å². The summed E-state index contributed by atoms with van der Waals surface area (Å²) in [6.45, 7) is 22.8. The standard InChI is InChI=1S/C57H65ClN6O9S/c1-8-11-51(68)63(25-28-71-27-24-59-47-13-10-12-45-53(47)49(66)33-46(55(45)70)44-22-23-48(65)36(5)54(44)69)26-29-72-30-31-73-43-20-18-42(19-21-43)60-50(67)32-39(9-2)56-62-61-38(7)64(56)57-52(34(3)37(6)74-57)35(4)40-14-16-41(58)17-15-40/h9-10,12-21,39,44,46,52,57,59H,2,4-5,8,11,22-33H2,1,3,6-7H3,(H,60,67)/t39-,44?,46?,52?,57?/m1/s1. The Hall–Kier alpha value is -6.46. The van der Waals surface area contributed by atoms with Gasteiger partial charge in [0.25, 0.3) is 0 Å². The molecule has 3 aromatic carbocycles. The summed E-state index contributed by atoms with van der Waals surface area (Å²) < 4.78 is 19.7. The molecule has 3 aliphatic rings. The topological polar surface area (TPSA) is 188 Å². The van der Waals surface area contributed by atoms with Crippen LogP contribution in [0.2, 0.25) is 5.02 Å². The minimum Gasteiger partial charge on any atom is -0.491 e. The highest BCUT2D eigenvalue weighted by atomic mass is 35.5. The molecule has 2 amide bonds. The first-order valence-corrected chi connectivity index (χ1v) is 26.4. The summed E-state index contributed by atoms with van der Waals surface area (Å²) in [6.07, 6.45) is 3.21. The molecule has 7 rings (SSSR count). The number of ether oxygens (including phenoxy) is 3. The Morgan fingerprint density at radius 2 is 1.62 bits per heavy atom. The number of allylic oxidation sites excluding steroid dienone is 5. The number of amides is 2. The van der Waals surface area contributed by atoms with E-state index in [9.17, 15) is 28.8 Å². The average Bonchev–Trinajstić information content (AvgIpc) is 3.91. The number of carbonyl (C=O) groups excluding carboxylic acids is 6. The fraction of sp³-hybridized carbons (Fsp3) is 0.404. The van der Waals surface area contributed by atoms with Crippen molar-refractivity contribution >= 4 is 75.3 Å². The van der Waals surface area contributed by atoms with E-state index < -0.39 is 23.5 Å². The molecule has 1 saturated carbocycles. The molecule has 2 heterocycles. The lowest BCUT2D eigenvalue weighted by Gasteiger charge is -2.32. The summed E-state index contributed by atoms with van der Waals surface area (Å²) in [5.41, 5.74) is 4.79. The molecule has 17 heteroatoms. The number of ketones is 4. The molecular weight excluding hydrogens is 980 g/mol. The van der Waals surface area contributed by atoms with Crippen LogP contribution in [0.5, 0.6) is 5.75 Å². The maximum Gasteiger partial charge on any atom is 0.225 e.